The van der Waals surface area contributed by atoms with Crippen LogP contribution < -0.4 is 11.1 Å². The lowest BCUT2D eigenvalue weighted by atomic mass is 10.2. The van der Waals surface area contributed by atoms with Gasteiger partial charge in [0.25, 0.3) is 0 Å². The van der Waals surface area contributed by atoms with Gasteiger partial charge in [-0.15, -0.1) is 6.58 Å². The van der Waals surface area contributed by atoms with Crippen LogP contribution in [0, 0.1) is 0 Å². The highest BCUT2D eigenvalue weighted by molar-refractivity contribution is 5.82. The molecule has 68 valence electrons. The summed E-state index contributed by atoms with van der Waals surface area (Å²) in [4.78, 5) is 11.2. The van der Waals surface area contributed by atoms with Gasteiger partial charge in [0, 0.05) is 0 Å². The Morgan fingerprint density at radius 3 is 2.92 bits per heavy atom. The van der Waals surface area contributed by atoms with Gasteiger partial charge in [0.2, 0.25) is 5.91 Å². The van der Waals surface area contributed by atoms with E-state index in [0.717, 1.165) is 0 Å². The number of hydrogen-bond acceptors (Lipinski definition) is 3. The van der Waals surface area contributed by atoms with E-state index in [1.165, 1.54) is 0 Å². The number of hydrogen-bond donors (Lipinski definition) is 2. The lowest BCUT2D eigenvalue weighted by molar-refractivity contribution is -0.126. The van der Waals surface area contributed by atoms with Gasteiger partial charge in [-0.2, -0.15) is 0 Å². The number of ether oxygens (including phenoxy) is 1. The highest BCUT2D eigenvalue weighted by atomic mass is 16.5. The summed E-state index contributed by atoms with van der Waals surface area (Å²) in [5, 5.41) is 2.76. The molecule has 1 fully saturated rings. The number of nitrogens with two attached hydrogens (primary N) is 1. The fraction of sp³-hybridized carbons (Fsp3) is 0.625. The maximum atomic E-state index is 11.2. The smallest absolute Gasteiger partial charge is 0.237 e. The Kier molecular flexibility index (Phi) is 3.25. The van der Waals surface area contributed by atoms with Crippen molar-refractivity contribution in [3.63, 3.8) is 0 Å². The summed E-state index contributed by atoms with van der Waals surface area (Å²) in [6.45, 7) is 4.72. The molecule has 4 nitrogen and oxygen atoms in total. The highest BCUT2D eigenvalue weighted by Crippen LogP contribution is 2.00. The predicted molar refractivity (Wildman–Crippen MR) is 45.5 cm³/mol. The van der Waals surface area contributed by atoms with E-state index < -0.39 is 6.04 Å². The molecule has 1 unspecified atom stereocenters. The molecule has 1 aliphatic rings. The van der Waals surface area contributed by atoms with Crippen molar-refractivity contribution in [2.24, 2.45) is 5.73 Å². The maximum Gasteiger partial charge on any atom is 0.237 e. The van der Waals surface area contributed by atoms with E-state index >= 15 is 0 Å². The zero-order valence-corrected chi connectivity index (χ0v) is 6.95. The van der Waals surface area contributed by atoms with E-state index in [9.17, 15) is 4.79 Å². The molecule has 1 amide bonds. The molecule has 1 atom stereocenters. The molecule has 0 aromatic heterocycles. The Hall–Kier alpha value is -0.870. The lowest BCUT2D eigenvalue weighted by Gasteiger charge is -2.27. The van der Waals surface area contributed by atoms with Crippen molar-refractivity contribution in [1.82, 2.24) is 5.32 Å². The summed E-state index contributed by atoms with van der Waals surface area (Å²) in [7, 11) is 0. The van der Waals surface area contributed by atoms with E-state index in [0.29, 0.717) is 19.6 Å². The minimum absolute atomic E-state index is 0.122. The van der Waals surface area contributed by atoms with Gasteiger partial charge in [0.15, 0.2) is 0 Å². The zero-order chi connectivity index (χ0) is 8.97. The third-order valence-electron chi connectivity index (χ3n) is 1.74. The summed E-state index contributed by atoms with van der Waals surface area (Å²) in [6.07, 6.45) is 2.15. The van der Waals surface area contributed by atoms with Crippen molar-refractivity contribution in [2.45, 2.75) is 18.5 Å². The van der Waals surface area contributed by atoms with Crippen LogP contribution in [0.15, 0.2) is 12.7 Å². The van der Waals surface area contributed by atoms with Crippen LogP contribution in [0.2, 0.25) is 0 Å². The van der Waals surface area contributed by atoms with Crippen LogP contribution in [0.1, 0.15) is 6.42 Å². The molecule has 0 aromatic rings. The molecule has 0 bridgehead atoms. The van der Waals surface area contributed by atoms with Crippen LogP contribution >= 0.6 is 0 Å². The first-order valence-electron chi connectivity index (χ1n) is 3.98. The molecule has 1 rings (SSSR count). The largest absolute Gasteiger partial charge is 0.377 e. The van der Waals surface area contributed by atoms with Gasteiger partial charge in [-0.3, -0.25) is 4.79 Å². The molecule has 12 heavy (non-hydrogen) atoms. The van der Waals surface area contributed by atoms with Crippen LogP contribution in [0.4, 0.5) is 0 Å². The molecule has 3 N–H and O–H groups in total. The summed E-state index contributed by atoms with van der Waals surface area (Å²) >= 11 is 0. The first kappa shape index (κ1) is 9.22. The molecular formula is C8H14N2O2. The van der Waals surface area contributed by atoms with Crippen molar-refractivity contribution in [2.75, 3.05) is 13.2 Å². The zero-order valence-electron chi connectivity index (χ0n) is 6.95. The van der Waals surface area contributed by atoms with Crippen molar-refractivity contribution < 1.29 is 9.53 Å². The predicted octanol–water partition coefficient (Wildman–Crippen LogP) is -0.595. The van der Waals surface area contributed by atoms with E-state index in [2.05, 4.69) is 11.9 Å². The summed E-state index contributed by atoms with van der Waals surface area (Å²) in [6, 6.07) is -0.309. The van der Waals surface area contributed by atoms with Crippen LogP contribution in [-0.2, 0) is 9.53 Å². The molecular weight excluding hydrogens is 156 g/mol. The molecule has 1 saturated heterocycles. The van der Waals surface area contributed by atoms with E-state index in [4.69, 9.17) is 10.5 Å². The van der Waals surface area contributed by atoms with Crippen LogP contribution in [0.3, 0.4) is 0 Å². The maximum absolute atomic E-state index is 11.2. The Bertz CT molecular complexity index is 178. The Morgan fingerprint density at radius 1 is 1.83 bits per heavy atom. The fourth-order valence-electron chi connectivity index (χ4n) is 0.914. The highest BCUT2D eigenvalue weighted by Gasteiger charge is 2.22. The summed E-state index contributed by atoms with van der Waals surface area (Å²) in [5.41, 5.74) is 5.53. The first-order chi connectivity index (χ1) is 5.74. The second kappa shape index (κ2) is 4.23. The van der Waals surface area contributed by atoms with Crippen molar-refractivity contribution >= 4 is 5.91 Å². The van der Waals surface area contributed by atoms with Crippen molar-refractivity contribution in [3.05, 3.63) is 12.7 Å². The van der Waals surface area contributed by atoms with Gasteiger partial charge >= 0.3 is 0 Å². The normalized spacial score (nSPS) is 19.4. The third-order valence-corrected chi connectivity index (χ3v) is 1.74. The standard InChI is InChI=1S/C8H14N2O2/c1-2-3-7(9)8(11)10-6-4-12-5-6/h2,6-7H,1,3-5,9H2,(H,10,11). The monoisotopic (exact) mass is 170 g/mol. The molecule has 1 heterocycles. The molecule has 0 spiro atoms. The summed E-state index contributed by atoms with van der Waals surface area (Å²) in [5.74, 6) is -0.122. The fourth-order valence-corrected chi connectivity index (χ4v) is 0.914. The number of amides is 1. The molecule has 0 aromatic carbocycles. The van der Waals surface area contributed by atoms with Crippen molar-refractivity contribution in [1.29, 1.82) is 0 Å². The molecule has 0 radical (unpaired) electrons. The second-order valence-electron chi connectivity index (χ2n) is 2.87. The average Bonchev–Trinajstić information content (AvgIpc) is 1.97. The molecule has 0 saturated carbocycles. The number of carbonyl (C=O) groups excluding carboxylic acids is 1. The average molecular weight is 170 g/mol. The SMILES string of the molecule is C=CCC(N)C(=O)NC1COC1. The Morgan fingerprint density at radius 2 is 2.50 bits per heavy atom. The number of carbonyl (C=O) groups is 1. The van der Waals surface area contributed by atoms with Crippen LogP contribution in [0.5, 0.6) is 0 Å². The topological polar surface area (TPSA) is 64.4 Å². The summed E-state index contributed by atoms with van der Waals surface area (Å²) < 4.78 is 4.90. The van der Waals surface area contributed by atoms with Gasteiger partial charge < -0.3 is 15.8 Å². The third kappa shape index (κ3) is 2.32. The van der Waals surface area contributed by atoms with Gasteiger partial charge in [0.1, 0.15) is 0 Å². The van der Waals surface area contributed by atoms with Gasteiger partial charge in [-0.25, -0.2) is 0 Å². The van der Waals surface area contributed by atoms with Gasteiger partial charge in [-0.05, 0) is 6.42 Å². The van der Waals surface area contributed by atoms with Gasteiger partial charge in [-0.1, -0.05) is 6.08 Å². The van der Waals surface area contributed by atoms with Crippen LogP contribution in [0.25, 0.3) is 0 Å². The molecule has 4 heteroatoms. The van der Waals surface area contributed by atoms with E-state index in [-0.39, 0.29) is 11.9 Å². The minimum Gasteiger partial charge on any atom is -0.377 e. The van der Waals surface area contributed by atoms with Crippen LogP contribution in [-0.4, -0.2) is 31.2 Å². The quantitative estimate of drug-likeness (QED) is 0.554. The first-order valence-corrected chi connectivity index (χ1v) is 3.98. The number of nitrogens with one attached hydrogen (secondary N) is 1. The van der Waals surface area contributed by atoms with E-state index in [1.54, 1.807) is 6.08 Å². The number of rotatable bonds is 4. The Balaban J connectivity index is 2.21. The second-order valence-corrected chi connectivity index (χ2v) is 2.87. The lowest BCUT2D eigenvalue weighted by Crippen LogP contribution is -2.53. The van der Waals surface area contributed by atoms with Crippen molar-refractivity contribution in [3.8, 4) is 0 Å². The Labute approximate surface area is 71.8 Å². The van der Waals surface area contributed by atoms with Gasteiger partial charge in [0.05, 0.1) is 25.3 Å². The molecule has 0 aliphatic carbocycles. The molecule has 1 aliphatic heterocycles. The minimum atomic E-state index is -0.469. The van der Waals surface area contributed by atoms with E-state index in [1.807, 2.05) is 0 Å².